The van der Waals surface area contributed by atoms with E-state index < -0.39 is 0 Å². The van der Waals surface area contributed by atoms with E-state index in [0.29, 0.717) is 5.56 Å². The number of carbonyl (C=O) groups excluding carboxylic acids is 1. The molecule has 1 rings (SSSR count). The summed E-state index contributed by atoms with van der Waals surface area (Å²) in [6.45, 7) is 7.78. The first-order chi connectivity index (χ1) is 7.15. The second-order valence-electron chi connectivity index (χ2n) is 3.37. The molecule has 0 spiro atoms. The van der Waals surface area contributed by atoms with Crippen LogP contribution in [0.1, 0.15) is 43.6 Å². The van der Waals surface area contributed by atoms with Gasteiger partial charge in [-0.2, -0.15) is 0 Å². The zero-order valence-corrected chi connectivity index (χ0v) is 9.95. The second-order valence-corrected chi connectivity index (χ2v) is 3.37. The van der Waals surface area contributed by atoms with E-state index in [0.717, 1.165) is 5.56 Å². The van der Waals surface area contributed by atoms with Gasteiger partial charge in [0, 0.05) is 11.5 Å². The van der Waals surface area contributed by atoms with Gasteiger partial charge in [0.15, 0.2) is 5.78 Å². The lowest BCUT2D eigenvalue weighted by atomic mass is 10.0. The van der Waals surface area contributed by atoms with Gasteiger partial charge in [0.05, 0.1) is 6.61 Å². The largest absolute Gasteiger partial charge is 0.392 e. The molecule has 0 saturated heterocycles. The molecule has 1 aromatic carbocycles. The molecule has 0 aliphatic rings. The Hall–Kier alpha value is -1.15. The third-order valence-electron chi connectivity index (χ3n) is 1.95. The summed E-state index contributed by atoms with van der Waals surface area (Å²) in [6.07, 6.45) is 0. The Kier molecular flexibility index (Phi) is 6.63. The Bertz CT molecular complexity index is 286. The number of benzene rings is 1. The maximum absolute atomic E-state index is 11.5. The average Bonchev–Trinajstić information content (AvgIpc) is 2.31. The van der Waals surface area contributed by atoms with E-state index in [9.17, 15) is 4.79 Å². The summed E-state index contributed by atoms with van der Waals surface area (Å²) < 4.78 is 0. The number of Topliss-reactive ketones (excluding diaryl/α,β-unsaturated/α-hetero) is 1. The quantitative estimate of drug-likeness (QED) is 0.775. The van der Waals surface area contributed by atoms with Crippen LogP contribution in [0.3, 0.4) is 0 Å². The first kappa shape index (κ1) is 13.8. The van der Waals surface area contributed by atoms with Crippen molar-refractivity contribution < 1.29 is 9.90 Å². The van der Waals surface area contributed by atoms with Crippen LogP contribution in [0.15, 0.2) is 24.3 Å². The fourth-order valence-electron chi connectivity index (χ4n) is 1.11. The van der Waals surface area contributed by atoms with Crippen molar-refractivity contribution in [2.24, 2.45) is 5.92 Å². The Morgan fingerprint density at radius 2 is 1.67 bits per heavy atom. The summed E-state index contributed by atoms with van der Waals surface area (Å²) >= 11 is 0. The monoisotopic (exact) mass is 208 g/mol. The SMILES string of the molecule is CC.CC(C)C(=O)c1ccc(CO)cc1. The molecule has 2 heteroatoms. The Morgan fingerprint density at radius 3 is 2.00 bits per heavy atom. The molecule has 0 heterocycles. The highest BCUT2D eigenvalue weighted by atomic mass is 16.3. The van der Waals surface area contributed by atoms with Crippen molar-refractivity contribution in [3.63, 3.8) is 0 Å². The summed E-state index contributed by atoms with van der Waals surface area (Å²) in [5.41, 5.74) is 1.55. The van der Waals surface area contributed by atoms with E-state index >= 15 is 0 Å². The van der Waals surface area contributed by atoms with E-state index in [2.05, 4.69) is 0 Å². The molecular weight excluding hydrogens is 188 g/mol. The van der Waals surface area contributed by atoms with Crippen LogP contribution in [-0.4, -0.2) is 10.9 Å². The molecule has 84 valence electrons. The summed E-state index contributed by atoms with van der Waals surface area (Å²) in [6, 6.07) is 7.06. The molecule has 1 N–H and O–H groups in total. The van der Waals surface area contributed by atoms with Crippen LogP contribution in [0, 0.1) is 5.92 Å². The normalized spacial score (nSPS) is 9.47. The molecule has 0 unspecified atom stereocenters. The molecule has 15 heavy (non-hydrogen) atoms. The van der Waals surface area contributed by atoms with Gasteiger partial charge in [0.2, 0.25) is 0 Å². The van der Waals surface area contributed by atoms with E-state index in [1.54, 1.807) is 24.3 Å². The van der Waals surface area contributed by atoms with Gasteiger partial charge in [0.25, 0.3) is 0 Å². The molecule has 0 atom stereocenters. The van der Waals surface area contributed by atoms with Crippen LogP contribution >= 0.6 is 0 Å². The van der Waals surface area contributed by atoms with Crippen molar-refractivity contribution >= 4 is 5.78 Å². The molecule has 0 amide bonds. The number of hydrogen-bond acceptors (Lipinski definition) is 2. The summed E-state index contributed by atoms with van der Waals surface area (Å²) in [5.74, 6) is 0.171. The van der Waals surface area contributed by atoms with Crippen molar-refractivity contribution in [2.45, 2.75) is 34.3 Å². The Balaban J connectivity index is 0.000000921. The van der Waals surface area contributed by atoms with Crippen molar-refractivity contribution in [1.29, 1.82) is 0 Å². The van der Waals surface area contributed by atoms with Crippen molar-refractivity contribution in [3.05, 3.63) is 35.4 Å². The third kappa shape index (κ3) is 4.26. The smallest absolute Gasteiger partial charge is 0.165 e. The van der Waals surface area contributed by atoms with Crippen LogP contribution in [-0.2, 0) is 6.61 Å². The average molecular weight is 208 g/mol. The van der Waals surface area contributed by atoms with E-state index in [4.69, 9.17) is 5.11 Å². The molecule has 0 saturated carbocycles. The van der Waals surface area contributed by atoms with Crippen LogP contribution in [0.25, 0.3) is 0 Å². The fraction of sp³-hybridized carbons (Fsp3) is 0.462. The van der Waals surface area contributed by atoms with Gasteiger partial charge in [0.1, 0.15) is 0 Å². The topological polar surface area (TPSA) is 37.3 Å². The van der Waals surface area contributed by atoms with Crippen LogP contribution in [0.4, 0.5) is 0 Å². The zero-order valence-electron chi connectivity index (χ0n) is 9.95. The minimum atomic E-state index is 0.0240. The molecule has 1 aromatic rings. The lowest BCUT2D eigenvalue weighted by molar-refractivity contribution is 0.0939. The van der Waals surface area contributed by atoms with Gasteiger partial charge >= 0.3 is 0 Å². The molecule has 0 radical (unpaired) electrons. The number of hydrogen-bond donors (Lipinski definition) is 1. The third-order valence-corrected chi connectivity index (χ3v) is 1.95. The highest BCUT2D eigenvalue weighted by Gasteiger charge is 2.09. The van der Waals surface area contributed by atoms with E-state index in [1.165, 1.54) is 0 Å². The number of ketones is 1. The maximum atomic E-state index is 11.5. The van der Waals surface area contributed by atoms with Crippen LogP contribution in [0.5, 0.6) is 0 Å². The molecule has 0 bridgehead atoms. The Labute approximate surface area is 91.9 Å². The van der Waals surface area contributed by atoms with Crippen LogP contribution < -0.4 is 0 Å². The van der Waals surface area contributed by atoms with E-state index in [-0.39, 0.29) is 18.3 Å². The highest BCUT2D eigenvalue weighted by Crippen LogP contribution is 2.09. The molecule has 2 nitrogen and oxygen atoms in total. The summed E-state index contributed by atoms with van der Waals surface area (Å²) in [5, 5.41) is 8.79. The summed E-state index contributed by atoms with van der Waals surface area (Å²) in [7, 11) is 0. The molecule has 0 aliphatic heterocycles. The maximum Gasteiger partial charge on any atom is 0.165 e. The van der Waals surface area contributed by atoms with Crippen LogP contribution in [0.2, 0.25) is 0 Å². The predicted molar refractivity (Wildman–Crippen MR) is 62.9 cm³/mol. The molecule has 0 fully saturated rings. The molecule has 0 aliphatic carbocycles. The minimum Gasteiger partial charge on any atom is -0.392 e. The number of aliphatic hydroxyl groups is 1. The van der Waals surface area contributed by atoms with Gasteiger partial charge in [-0.15, -0.1) is 0 Å². The second kappa shape index (κ2) is 7.18. The zero-order chi connectivity index (χ0) is 11.8. The van der Waals surface area contributed by atoms with Gasteiger partial charge in [-0.05, 0) is 5.56 Å². The fourth-order valence-corrected chi connectivity index (χ4v) is 1.11. The highest BCUT2D eigenvalue weighted by molar-refractivity contribution is 5.97. The first-order valence-corrected chi connectivity index (χ1v) is 5.39. The number of aliphatic hydroxyl groups excluding tert-OH is 1. The Morgan fingerprint density at radius 1 is 1.20 bits per heavy atom. The van der Waals surface area contributed by atoms with E-state index in [1.807, 2.05) is 27.7 Å². The standard InChI is InChI=1S/C11H14O2.C2H6/c1-8(2)11(13)10-5-3-9(7-12)4-6-10;1-2/h3-6,8,12H,7H2,1-2H3;1-2H3. The lowest BCUT2D eigenvalue weighted by Crippen LogP contribution is -2.07. The van der Waals surface area contributed by atoms with Gasteiger partial charge in [-0.25, -0.2) is 0 Å². The lowest BCUT2D eigenvalue weighted by Gasteiger charge is -2.04. The number of rotatable bonds is 3. The number of carbonyl (C=O) groups is 1. The van der Waals surface area contributed by atoms with Gasteiger partial charge in [-0.3, -0.25) is 4.79 Å². The van der Waals surface area contributed by atoms with Gasteiger partial charge < -0.3 is 5.11 Å². The molecular formula is C13H20O2. The summed E-state index contributed by atoms with van der Waals surface area (Å²) in [4.78, 5) is 11.5. The molecule has 0 aromatic heterocycles. The first-order valence-electron chi connectivity index (χ1n) is 5.39. The van der Waals surface area contributed by atoms with Crippen molar-refractivity contribution in [1.82, 2.24) is 0 Å². The minimum absolute atomic E-state index is 0.0240. The van der Waals surface area contributed by atoms with Gasteiger partial charge in [-0.1, -0.05) is 52.0 Å². The van der Waals surface area contributed by atoms with Crippen molar-refractivity contribution in [2.75, 3.05) is 0 Å². The predicted octanol–water partition coefficient (Wildman–Crippen LogP) is 3.04. The van der Waals surface area contributed by atoms with Crippen molar-refractivity contribution in [3.8, 4) is 0 Å².